The normalized spacial score (nSPS) is 9.85. The predicted octanol–water partition coefficient (Wildman–Crippen LogP) is 3.40. The van der Waals surface area contributed by atoms with E-state index in [1.165, 1.54) is 0 Å². The second-order valence-electron chi connectivity index (χ2n) is 4.14. The molecule has 20 heavy (non-hydrogen) atoms. The summed E-state index contributed by atoms with van der Waals surface area (Å²) in [5.74, 6) is -0.166. The zero-order valence-electron chi connectivity index (χ0n) is 10.6. The molecule has 0 aromatic heterocycles. The van der Waals surface area contributed by atoms with E-state index < -0.39 is 0 Å². The van der Waals surface area contributed by atoms with Crippen molar-refractivity contribution in [2.24, 2.45) is 0 Å². The second-order valence-corrected chi connectivity index (χ2v) is 4.96. The molecule has 0 aliphatic carbocycles. The van der Waals surface area contributed by atoms with Crippen molar-refractivity contribution >= 4 is 40.5 Å². The summed E-state index contributed by atoms with van der Waals surface area (Å²) < 4.78 is 0. The van der Waals surface area contributed by atoms with Gasteiger partial charge in [0.2, 0.25) is 5.91 Å². The van der Waals surface area contributed by atoms with Crippen LogP contribution >= 0.6 is 23.8 Å². The summed E-state index contributed by atoms with van der Waals surface area (Å²) in [4.78, 5) is 11.8. The van der Waals surface area contributed by atoms with Gasteiger partial charge in [0.1, 0.15) is 0 Å². The predicted molar refractivity (Wildman–Crippen MR) is 86.0 cm³/mol. The lowest BCUT2D eigenvalue weighted by molar-refractivity contribution is -0.119. The van der Waals surface area contributed by atoms with E-state index in [9.17, 15) is 4.79 Å². The van der Waals surface area contributed by atoms with E-state index >= 15 is 0 Å². The first-order valence-corrected chi connectivity index (χ1v) is 6.83. The first-order chi connectivity index (χ1) is 9.65. The van der Waals surface area contributed by atoms with Crippen LogP contribution in [-0.4, -0.2) is 11.0 Å². The Morgan fingerprint density at radius 2 is 1.70 bits per heavy atom. The second kappa shape index (κ2) is 7.03. The molecule has 2 N–H and O–H groups in total. The van der Waals surface area contributed by atoms with Crippen molar-refractivity contribution in [1.82, 2.24) is 5.32 Å². The SMILES string of the molecule is O=C(Cc1ccccc1)NC(=S)Nc1ccccc1Cl. The quantitative estimate of drug-likeness (QED) is 0.854. The molecule has 0 fully saturated rings. The molecule has 0 atom stereocenters. The van der Waals surface area contributed by atoms with E-state index in [-0.39, 0.29) is 17.4 Å². The van der Waals surface area contributed by atoms with Gasteiger partial charge in [0.05, 0.1) is 17.1 Å². The van der Waals surface area contributed by atoms with Gasteiger partial charge in [0.25, 0.3) is 0 Å². The molecule has 1 amide bonds. The van der Waals surface area contributed by atoms with Crippen LogP contribution in [0.4, 0.5) is 5.69 Å². The number of hydrogen-bond donors (Lipinski definition) is 2. The van der Waals surface area contributed by atoms with Gasteiger partial charge in [-0.15, -0.1) is 0 Å². The Kier molecular flexibility index (Phi) is 5.09. The molecule has 0 radical (unpaired) electrons. The number of anilines is 1. The molecule has 0 saturated heterocycles. The summed E-state index contributed by atoms with van der Waals surface area (Å²) in [6.45, 7) is 0. The maximum absolute atomic E-state index is 11.8. The molecule has 2 rings (SSSR count). The molecule has 0 bridgehead atoms. The largest absolute Gasteiger partial charge is 0.331 e. The molecular formula is C15H13ClN2OS. The number of carbonyl (C=O) groups is 1. The summed E-state index contributed by atoms with van der Waals surface area (Å²) >= 11 is 11.1. The van der Waals surface area contributed by atoms with Crippen LogP contribution in [0.25, 0.3) is 0 Å². The van der Waals surface area contributed by atoms with Crippen molar-refractivity contribution in [3.8, 4) is 0 Å². The van der Waals surface area contributed by atoms with Crippen molar-refractivity contribution in [1.29, 1.82) is 0 Å². The molecule has 102 valence electrons. The molecule has 3 nitrogen and oxygen atoms in total. The lowest BCUT2D eigenvalue weighted by Gasteiger charge is -2.10. The molecule has 5 heteroatoms. The monoisotopic (exact) mass is 304 g/mol. The van der Waals surface area contributed by atoms with E-state index in [2.05, 4.69) is 10.6 Å². The van der Waals surface area contributed by atoms with Crippen LogP contribution in [0.1, 0.15) is 5.56 Å². The van der Waals surface area contributed by atoms with Crippen molar-refractivity contribution in [3.05, 3.63) is 65.2 Å². The summed E-state index contributed by atoms with van der Waals surface area (Å²) in [6, 6.07) is 16.7. The van der Waals surface area contributed by atoms with Crippen LogP contribution < -0.4 is 10.6 Å². The topological polar surface area (TPSA) is 41.1 Å². The maximum Gasteiger partial charge on any atom is 0.230 e. The number of benzene rings is 2. The number of carbonyl (C=O) groups excluding carboxylic acids is 1. The maximum atomic E-state index is 11.8. The molecule has 0 spiro atoms. The van der Waals surface area contributed by atoms with Gasteiger partial charge in [-0.1, -0.05) is 54.1 Å². The number of para-hydroxylation sites is 1. The molecule has 2 aromatic carbocycles. The number of hydrogen-bond acceptors (Lipinski definition) is 2. The summed E-state index contributed by atoms with van der Waals surface area (Å²) in [6.07, 6.45) is 0.283. The summed E-state index contributed by atoms with van der Waals surface area (Å²) in [5, 5.41) is 6.30. The minimum absolute atomic E-state index is 0.166. The molecule has 0 aliphatic heterocycles. The molecule has 0 aliphatic rings. The zero-order valence-corrected chi connectivity index (χ0v) is 12.2. The number of thiocarbonyl (C=S) groups is 1. The summed E-state index contributed by atoms with van der Waals surface area (Å²) in [7, 11) is 0. The third-order valence-corrected chi connectivity index (χ3v) is 3.12. The van der Waals surface area contributed by atoms with Crippen LogP contribution in [0.3, 0.4) is 0 Å². The molecule has 0 saturated carbocycles. The highest BCUT2D eigenvalue weighted by atomic mass is 35.5. The Labute approximate surface area is 128 Å². The van der Waals surface area contributed by atoms with E-state index in [0.29, 0.717) is 10.7 Å². The van der Waals surface area contributed by atoms with Crippen molar-refractivity contribution in [2.75, 3.05) is 5.32 Å². The third-order valence-electron chi connectivity index (χ3n) is 2.58. The van der Waals surface area contributed by atoms with E-state index in [0.717, 1.165) is 5.56 Å². The Balaban J connectivity index is 1.89. The number of halogens is 1. The van der Waals surface area contributed by atoms with Gasteiger partial charge < -0.3 is 10.6 Å². The van der Waals surface area contributed by atoms with Gasteiger partial charge >= 0.3 is 0 Å². The average molecular weight is 305 g/mol. The highest BCUT2D eigenvalue weighted by molar-refractivity contribution is 7.80. The average Bonchev–Trinajstić information content (AvgIpc) is 2.42. The smallest absolute Gasteiger partial charge is 0.230 e. The van der Waals surface area contributed by atoms with Gasteiger partial charge in [-0.2, -0.15) is 0 Å². The van der Waals surface area contributed by atoms with Crippen LogP contribution in [-0.2, 0) is 11.2 Å². The van der Waals surface area contributed by atoms with Crippen molar-refractivity contribution < 1.29 is 4.79 Å². The molecule has 0 unspecified atom stereocenters. The number of nitrogens with one attached hydrogen (secondary N) is 2. The fraction of sp³-hybridized carbons (Fsp3) is 0.0667. The van der Waals surface area contributed by atoms with Crippen LogP contribution in [0.5, 0.6) is 0 Å². The van der Waals surface area contributed by atoms with Gasteiger partial charge in [0.15, 0.2) is 5.11 Å². The Morgan fingerprint density at radius 3 is 2.40 bits per heavy atom. The lowest BCUT2D eigenvalue weighted by Crippen LogP contribution is -2.35. The fourth-order valence-electron chi connectivity index (χ4n) is 1.67. The molecular weight excluding hydrogens is 292 g/mol. The van der Waals surface area contributed by atoms with E-state index in [1.54, 1.807) is 12.1 Å². The van der Waals surface area contributed by atoms with Crippen LogP contribution in [0.15, 0.2) is 54.6 Å². The lowest BCUT2D eigenvalue weighted by atomic mass is 10.1. The van der Waals surface area contributed by atoms with Gasteiger partial charge in [-0.3, -0.25) is 4.79 Å². The van der Waals surface area contributed by atoms with Crippen LogP contribution in [0.2, 0.25) is 5.02 Å². The first-order valence-electron chi connectivity index (χ1n) is 6.04. The third kappa shape index (κ3) is 4.33. The standard InChI is InChI=1S/C15H13ClN2OS/c16-12-8-4-5-9-13(12)17-15(20)18-14(19)10-11-6-2-1-3-7-11/h1-9H,10H2,(H2,17,18,19,20). The Hall–Kier alpha value is -1.91. The van der Waals surface area contributed by atoms with Gasteiger partial charge in [-0.25, -0.2) is 0 Å². The highest BCUT2D eigenvalue weighted by Gasteiger charge is 2.07. The Bertz CT molecular complexity index is 616. The zero-order chi connectivity index (χ0) is 14.4. The van der Waals surface area contributed by atoms with Gasteiger partial charge in [-0.05, 0) is 29.9 Å². The van der Waals surface area contributed by atoms with Crippen molar-refractivity contribution in [2.45, 2.75) is 6.42 Å². The molecule has 0 heterocycles. The Morgan fingerprint density at radius 1 is 1.05 bits per heavy atom. The van der Waals surface area contributed by atoms with E-state index in [1.807, 2.05) is 42.5 Å². The van der Waals surface area contributed by atoms with E-state index in [4.69, 9.17) is 23.8 Å². The number of amides is 1. The van der Waals surface area contributed by atoms with Gasteiger partial charge in [0, 0.05) is 0 Å². The van der Waals surface area contributed by atoms with Crippen LogP contribution in [0, 0.1) is 0 Å². The van der Waals surface area contributed by atoms with Crippen molar-refractivity contribution in [3.63, 3.8) is 0 Å². The fourth-order valence-corrected chi connectivity index (χ4v) is 2.07. The number of rotatable bonds is 3. The highest BCUT2D eigenvalue weighted by Crippen LogP contribution is 2.20. The minimum Gasteiger partial charge on any atom is -0.331 e. The minimum atomic E-state index is -0.166. The molecule has 2 aromatic rings. The summed E-state index contributed by atoms with van der Waals surface area (Å²) in [5.41, 5.74) is 1.60. The first kappa shape index (κ1) is 14.5.